The Morgan fingerprint density at radius 2 is 1.91 bits per heavy atom. The highest BCUT2D eigenvalue weighted by molar-refractivity contribution is 6.32. The second-order valence-electron chi connectivity index (χ2n) is 6.72. The Morgan fingerprint density at radius 1 is 1.30 bits per heavy atom. The van der Waals surface area contributed by atoms with Gasteiger partial charge in [0, 0.05) is 16.1 Å². The van der Waals surface area contributed by atoms with E-state index in [4.69, 9.17) is 11.6 Å². The number of carbonyl (C=O) groups excluding carboxylic acids is 3. The predicted molar refractivity (Wildman–Crippen MR) is 86.9 cm³/mol. The van der Waals surface area contributed by atoms with Crippen LogP contribution in [0.4, 0.5) is 4.79 Å². The second-order valence-corrected chi connectivity index (χ2v) is 7.13. The fourth-order valence-corrected chi connectivity index (χ4v) is 2.82. The molecule has 0 radical (unpaired) electrons. The molecule has 1 saturated heterocycles. The van der Waals surface area contributed by atoms with Crippen molar-refractivity contribution in [3.05, 3.63) is 34.9 Å². The summed E-state index contributed by atoms with van der Waals surface area (Å²) in [5, 5.41) is 5.73. The third-order valence-electron chi connectivity index (χ3n) is 3.50. The second kappa shape index (κ2) is 5.85. The zero-order chi connectivity index (χ0) is 17.4. The van der Waals surface area contributed by atoms with Gasteiger partial charge in [-0.15, -0.1) is 0 Å². The Labute approximate surface area is 140 Å². The summed E-state index contributed by atoms with van der Waals surface area (Å²) in [5.41, 5.74) is -1.22. The van der Waals surface area contributed by atoms with E-state index in [-0.39, 0.29) is 6.54 Å². The van der Waals surface area contributed by atoms with Gasteiger partial charge < -0.3 is 10.6 Å². The first-order valence-corrected chi connectivity index (χ1v) is 7.62. The number of benzene rings is 1. The van der Waals surface area contributed by atoms with E-state index < -0.39 is 28.9 Å². The molecule has 1 heterocycles. The lowest BCUT2D eigenvalue weighted by atomic mass is 9.92. The molecular weight excluding hydrogens is 318 g/mol. The van der Waals surface area contributed by atoms with Gasteiger partial charge in [-0.1, -0.05) is 29.8 Å². The Kier molecular flexibility index (Phi) is 4.39. The largest absolute Gasteiger partial charge is 0.350 e. The molecule has 0 bridgehead atoms. The highest BCUT2D eigenvalue weighted by Gasteiger charge is 2.50. The van der Waals surface area contributed by atoms with Crippen molar-refractivity contribution in [2.75, 3.05) is 6.54 Å². The predicted octanol–water partition coefficient (Wildman–Crippen LogP) is 2.02. The van der Waals surface area contributed by atoms with Crippen LogP contribution >= 0.6 is 11.6 Å². The van der Waals surface area contributed by atoms with Gasteiger partial charge in [0.1, 0.15) is 12.1 Å². The van der Waals surface area contributed by atoms with E-state index in [0.29, 0.717) is 10.6 Å². The van der Waals surface area contributed by atoms with Crippen LogP contribution in [0, 0.1) is 0 Å². The summed E-state index contributed by atoms with van der Waals surface area (Å²) < 4.78 is 0. The number of halogens is 1. The summed E-state index contributed by atoms with van der Waals surface area (Å²) in [5.74, 6) is -0.899. The summed E-state index contributed by atoms with van der Waals surface area (Å²) >= 11 is 6.15. The van der Waals surface area contributed by atoms with Crippen LogP contribution in [-0.2, 0) is 15.1 Å². The van der Waals surface area contributed by atoms with Gasteiger partial charge in [-0.2, -0.15) is 0 Å². The molecule has 1 fully saturated rings. The maximum absolute atomic E-state index is 12.7. The van der Waals surface area contributed by atoms with E-state index in [1.807, 2.05) is 20.8 Å². The summed E-state index contributed by atoms with van der Waals surface area (Å²) in [6.45, 7) is 6.72. The minimum absolute atomic E-state index is 0.331. The van der Waals surface area contributed by atoms with Crippen LogP contribution < -0.4 is 10.6 Å². The first-order valence-electron chi connectivity index (χ1n) is 7.25. The summed E-state index contributed by atoms with van der Waals surface area (Å²) in [7, 11) is 0. The monoisotopic (exact) mass is 337 g/mol. The average Bonchev–Trinajstić information content (AvgIpc) is 2.61. The van der Waals surface area contributed by atoms with E-state index in [1.54, 1.807) is 31.2 Å². The van der Waals surface area contributed by atoms with Gasteiger partial charge in [0.15, 0.2) is 0 Å². The standard InChI is InChI=1S/C16H20ClN3O3/c1-15(2,3)18-12(21)9-20-13(22)16(4,19-14(20)23)10-7-5-6-8-11(10)17/h5-8H,9H2,1-4H3,(H,18,21)(H,19,23)/t16-/m1/s1. The van der Waals surface area contributed by atoms with Crippen molar-refractivity contribution in [3.8, 4) is 0 Å². The summed E-state index contributed by atoms with van der Waals surface area (Å²) in [6.07, 6.45) is 0. The van der Waals surface area contributed by atoms with Gasteiger partial charge in [-0.05, 0) is 33.8 Å². The molecule has 2 N–H and O–H groups in total. The van der Waals surface area contributed by atoms with Crippen molar-refractivity contribution in [1.29, 1.82) is 0 Å². The van der Waals surface area contributed by atoms with Crippen LogP contribution in [0.15, 0.2) is 24.3 Å². The number of rotatable bonds is 3. The smallest absolute Gasteiger partial charge is 0.325 e. The molecule has 1 atom stereocenters. The third kappa shape index (κ3) is 3.47. The quantitative estimate of drug-likeness (QED) is 0.828. The highest BCUT2D eigenvalue weighted by Crippen LogP contribution is 2.33. The fraction of sp³-hybridized carbons (Fsp3) is 0.438. The van der Waals surface area contributed by atoms with Gasteiger partial charge in [-0.25, -0.2) is 4.79 Å². The molecule has 0 saturated carbocycles. The normalized spacial score (nSPS) is 21.3. The van der Waals surface area contributed by atoms with Crippen LogP contribution in [0.2, 0.25) is 5.02 Å². The van der Waals surface area contributed by atoms with Gasteiger partial charge in [-0.3, -0.25) is 14.5 Å². The molecule has 0 aliphatic carbocycles. The molecule has 0 spiro atoms. The van der Waals surface area contributed by atoms with Crippen LogP contribution in [0.25, 0.3) is 0 Å². The number of imide groups is 1. The van der Waals surface area contributed by atoms with Crippen molar-refractivity contribution in [1.82, 2.24) is 15.5 Å². The molecule has 7 heteroatoms. The lowest BCUT2D eigenvalue weighted by Crippen LogP contribution is -2.48. The maximum Gasteiger partial charge on any atom is 0.325 e. The van der Waals surface area contributed by atoms with E-state index in [9.17, 15) is 14.4 Å². The minimum Gasteiger partial charge on any atom is -0.350 e. The molecule has 124 valence electrons. The number of hydrogen-bond donors (Lipinski definition) is 2. The van der Waals surface area contributed by atoms with Crippen molar-refractivity contribution < 1.29 is 14.4 Å². The van der Waals surface area contributed by atoms with Crippen LogP contribution in [0.1, 0.15) is 33.3 Å². The molecule has 0 aromatic heterocycles. The first kappa shape index (κ1) is 17.3. The zero-order valence-electron chi connectivity index (χ0n) is 13.6. The average molecular weight is 338 g/mol. The van der Waals surface area contributed by atoms with Gasteiger partial charge >= 0.3 is 6.03 Å². The molecule has 1 aromatic rings. The van der Waals surface area contributed by atoms with Crippen molar-refractivity contribution in [3.63, 3.8) is 0 Å². The molecule has 23 heavy (non-hydrogen) atoms. The first-order chi connectivity index (χ1) is 10.5. The van der Waals surface area contributed by atoms with Crippen LogP contribution in [0.3, 0.4) is 0 Å². The lowest BCUT2D eigenvalue weighted by Gasteiger charge is -2.24. The van der Waals surface area contributed by atoms with Crippen molar-refractivity contribution >= 4 is 29.4 Å². The molecule has 1 aliphatic heterocycles. The lowest BCUT2D eigenvalue weighted by molar-refractivity contribution is -0.135. The summed E-state index contributed by atoms with van der Waals surface area (Å²) in [4.78, 5) is 37.8. The van der Waals surface area contributed by atoms with Gasteiger partial charge in [0.2, 0.25) is 5.91 Å². The topological polar surface area (TPSA) is 78.5 Å². The SMILES string of the molecule is CC(C)(C)NC(=O)CN1C(=O)N[C@](C)(c2ccccc2Cl)C1=O. The number of carbonyl (C=O) groups is 3. The van der Waals surface area contributed by atoms with E-state index in [2.05, 4.69) is 10.6 Å². The van der Waals surface area contributed by atoms with E-state index in [0.717, 1.165) is 4.90 Å². The Morgan fingerprint density at radius 3 is 2.48 bits per heavy atom. The number of hydrogen-bond acceptors (Lipinski definition) is 3. The fourth-order valence-electron chi connectivity index (χ4n) is 2.49. The molecule has 2 rings (SSSR count). The van der Waals surface area contributed by atoms with E-state index in [1.165, 1.54) is 0 Å². The number of nitrogens with zero attached hydrogens (tertiary/aromatic N) is 1. The number of urea groups is 1. The molecular formula is C16H20ClN3O3. The molecule has 1 aromatic carbocycles. The van der Waals surface area contributed by atoms with Crippen molar-refractivity contribution in [2.45, 2.75) is 38.8 Å². The van der Waals surface area contributed by atoms with Crippen LogP contribution in [0.5, 0.6) is 0 Å². The highest BCUT2D eigenvalue weighted by atomic mass is 35.5. The van der Waals surface area contributed by atoms with Gasteiger partial charge in [0.25, 0.3) is 5.91 Å². The number of amides is 4. The molecule has 1 aliphatic rings. The third-order valence-corrected chi connectivity index (χ3v) is 3.83. The Bertz CT molecular complexity index is 669. The minimum atomic E-state index is -1.28. The van der Waals surface area contributed by atoms with Crippen molar-refractivity contribution in [2.24, 2.45) is 0 Å². The van der Waals surface area contributed by atoms with E-state index >= 15 is 0 Å². The van der Waals surface area contributed by atoms with Crippen LogP contribution in [-0.4, -0.2) is 34.8 Å². The number of nitrogens with one attached hydrogen (secondary N) is 2. The molecule has 0 unspecified atom stereocenters. The Hall–Kier alpha value is -2.08. The summed E-state index contributed by atoms with van der Waals surface area (Å²) in [6, 6.07) is 6.20. The molecule has 6 nitrogen and oxygen atoms in total. The maximum atomic E-state index is 12.7. The van der Waals surface area contributed by atoms with Gasteiger partial charge in [0.05, 0.1) is 0 Å². The molecule has 4 amide bonds. The Balaban J connectivity index is 2.24. The zero-order valence-corrected chi connectivity index (χ0v) is 14.3.